The van der Waals surface area contributed by atoms with Crippen molar-refractivity contribution in [3.8, 4) is 11.5 Å². The Hall–Kier alpha value is -1.72. The minimum Gasteiger partial charge on any atom is -0.492 e. The average Bonchev–Trinajstić information content (AvgIpc) is 3.02. The van der Waals surface area contributed by atoms with Crippen LogP contribution < -0.4 is 14.8 Å². The molecule has 4 rings (SSSR count). The summed E-state index contributed by atoms with van der Waals surface area (Å²) in [5.74, 6) is 1.79. The lowest BCUT2D eigenvalue weighted by Crippen LogP contribution is -2.35. The second kappa shape index (κ2) is 6.89. The first-order chi connectivity index (χ1) is 12.1. The minimum absolute atomic E-state index is 0.0183. The molecule has 2 aromatic carbocycles. The van der Waals surface area contributed by atoms with Gasteiger partial charge in [-0.25, -0.2) is 4.39 Å². The highest BCUT2D eigenvalue weighted by molar-refractivity contribution is 7.99. The van der Waals surface area contributed by atoms with Crippen molar-refractivity contribution in [2.75, 3.05) is 13.2 Å². The zero-order chi connectivity index (χ0) is 17.4. The van der Waals surface area contributed by atoms with Crippen molar-refractivity contribution in [3.05, 3.63) is 47.8 Å². The quantitative estimate of drug-likeness (QED) is 0.864. The topological polar surface area (TPSA) is 30.5 Å². The maximum Gasteiger partial charge on any atom is 0.128 e. The Morgan fingerprint density at radius 3 is 2.92 bits per heavy atom. The molecular weight excluding hydrogens is 337 g/mol. The van der Waals surface area contributed by atoms with E-state index in [2.05, 4.69) is 23.5 Å². The molecule has 0 bridgehead atoms. The number of halogens is 1. The van der Waals surface area contributed by atoms with E-state index in [1.54, 1.807) is 0 Å². The highest BCUT2D eigenvalue weighted by Gasteiger charge is 2.34. The van der Waals surface area contributed by atoms with Gasteiger partial charge < -0.3 is 14.8 Å². The molecule has 2 unspecified atom stereocenters. The molecule has 2 aliphatic rings. The maximum absolute atomic E-state index is 13.9. The van der Waals surface area contributed by atoms with Gasteiger partial charge in [-0.15, -0.1) is 0 Å². The summed E-state index contributed by atoms with van der Waals surface area (Å²) < 4.78 is 25.4. The summed E-state index contributed by atoms with van der Waals surface area (Å²) in [6.45, 7) is 5.64. The smallest absolute Gasteiger partial charge is 0.128 e. The third-order valence-electron chi connectivity index (χ3n) is 4.60. The zero-order valence-corrected chi connectivity index (χ0v) is 15.2. The van der Waals surface area contributed by atoms with Crippen LogP contribution in [-0.2, 0) is 0 Å². The molecule has 0 radical (unpaired) electrons. The molecular formula is C20H22FNO2S. The van der Waals surface area contributed by atoms with Crippen molar-refractivity contribution in [3.63, 3.8) is 0 Å². The van der Waals surface area contributed by atoms with Gasteiger partial charge in [0.15, 0.2) is 0 Å². The van der Waals surface area contributed by atoms with Gasteiger partial charge in [0.2, 0.25) is 0 Å². The van der Waals surface area contributed by atoms with E-state index in [4.69, 9.17) is 9.47 Å². The summed E-state index contributed by atoms with van der Waals surface area (Å²) in [6, 6.07) is 11.6. The first-order valence-electron chi connectivity index (χ1n) is 8.74. The van der Waals surface area contributed by atoms with E-state index >= 15 is 0 Å². The van der Waals surface area contributed by atoms with Crippen LogP contribution >= 0.6 is 11.8 Å². The molecule has 0 aromatic heterocycles. The van der Waals surface area contributed by atoms with E-state index in [9.17, 15) is 4.39 Å². The molecule has 0 saturated carbocycles. The van der Waals surface area contributed by atoms with Crippen LogP contribution in [-0.4, -0.2) is 25.3 Å². The number of ether oxygens (including phenoxy) is 2. The lowest BCUT2D eigenvalue weighted by atomic mass is 9.90. The lowest BCUT2D eigenvalue weighted by molar-refractivity contribution is 0.238. The molecule has 0 amide bonds. The van der Waals surface area contributed by atoms with E-state index in [0.717, 1.165) is 35.1 Å². The van der Waals surface area contributed by atoms with E-state index in [1.165, 1.54) is 29.5 Å². The van der Waals surface area contributed by atoms with Crippen molar-refractivity contribution in [1.82, 2.24) is 5.32 Å². The summed E-state index contributed by atoms with van der Waals surface area (Å²) in [7, 11) is 0. The Morgan fingerprint density at radius 2 is 2.08 bits per heavy atom. The van der Waals surface area contributed by atoms with Crippen LogP contribution in [0.25, 0.3) is 0 Å². The van der Waals surface area contributed by atoms with Crippen LogP contribution in [0, 0.1) is 5.82 Å². The monoisotopic (exact) mass is 359 g/mol. The summed E-state index contributed by atoms with van der Waals surface area (Å²) in [4.78, 5) is 1.87. The second-order valence-electron chi connectivity index (χ2n) is 6.86. The Kier molecular flexibility index (Phi) is 4.61. The highest BCUT2D eigenvalue weighted by Crippen LogP contribution is 2.41. The molecule has 132 valence electrons. The number of nitrogens with one attached hydrogen (secondary N) is 1. The van der Waals surface area contributed by atoms with Gasteiger partial charge in [0, 0.05) is 27.8 Å². The van der Waals surface area contributed by atoms with Crippen molar-refractivity contribution in [2.45, 2.75) is 48.1 Å². The molecule has 1 saturated heterocycles. The summed E-state index contributed by atoms with van der Waals surface area (Å²) >= 11 is 1.53. The van der Waals surface area contributed by atoms with Crippen molar-refractivity contribution in [1.29, 1.82) is 0 Å². The fourth-order valence-corrected chi connectivity index (χ4v) is 4.50. The molecule has 25 heavy (non-hydrogen) atoms. The number of hydrogen-bond donors (Lipinski definition) is 1. The van der Waals surface area contributed by atoms with Crippen LogP contribution in [0.1, 0.15) is 31.7 Å². The molecule has 5 heteroatoms. The van der Waals surface area contributed by atoms with E-state index in [0.29, 0.717) is 17.7 Å². The minimum atomic E-state index is -0.283. The predicted molar refractivity (Wildman–Crippen MR) is 97.4 cm³/mol. The van der Waals surface area contributed by atoms with Crippen molar-refractivity contribution >= 4 is 11.8 Å². The van der Waals surface area contributed by atoms with E-state index < -0.39 is 0 Å². The molecule has 1 N–H and O–H groups in total. The largest absolute Gasteiger partial charge is 0.492 e. The van der Waals surface area contributed by atoms with Gasteiger partial charge in [0.25, 0.3) is 0 Å². The summed E-state index contributed by atoms with van der Waals surface area (Å²) in [5.41, 5.74) is 1.29. The fraction of sp³-hybridized carbons (Fsp3) is 0.400. The third-order valence-corrected chi connectivity index (χ3v) is 5.56. The van der Waals surface area contributed by atoms with Crippen LogP contribution in [0.3, 0.4) is 0 Å². The standard InChI is InChI=1S/C20H22FNO2S/c1-12(2)24-14-7-13(21)8-16(9-14)25-15-3-4-18-17-5-6-22-19(17)11-23-20(18)10-15/h3-4,7-10,12,17,19,22H,5-6,11H2,1-2H3. The van der Waals surface area contributed by atoms with Crippen LogP contribution in [0.15, 0.2) is 46.2 Å². The lowest BCUT2D eigenvalue weighted by Gasteiger charge is -2.28. The SMILES string of the molecule is CC(C)Oc1cc(F)cc(Sc2ccc3c(c2)OCC2NCCC32)c1. The first kappa shape index (κ1) is 16.7. The van der Waals surface area contributed by atoms with Gasteiger partial charge in [-0.2, -0.15) is 0 Å². The third kappa shape index (κ3) is 3.62. The second-order valence-corrected chi connectivity index (χ2v) is 8.00. The van der Waals surface area contributed by atoms with Gasteiger partial charge >= 0.3 is 0 Å². The zero-order valence-electron chi connectivity index (χ0n) is 14.4. The molecule has 2 aromatic rings. The van der Waals surface area contributed by atoms with E-state index in [1.807, 2.05) is 19.9 Å². The number of benzene rings is 2. The van der Waals surface area contributed by atoms with Gasteiger partial charge in [0.05, 0.1) is 6.10 Å². The maximum atomic E-state index is 13.9. The normalized spacial score (nSPS) is 21.6. The first-order valence-corrected chi connectivity index (χ1v) is 9.55. The van der Waals surface area contributed by atoms with Gasteiger partial charge in [0.1, 0.15) is 23.9 Å². The van der Waals surface area contributed by atoms with Gasteiger partial charge in [-0.05, 0) is 56.6 Å². The van der Waals surface area contributed by atoms with Gasteiger partial charge in [-0.1, -0.05) is 17.8 Å². The molecule has 2 aliphatic heterocycles. The Labute approximate surface area is 151 Å². The average molecular weight is 359 g/mol. The summed E-state index contributed by atoms with van der Waals surface area (Å²) in [6.07, 6.45) is 1.18. The molecule has 2 atom stereocenters. The van der Waals surface area contributed by atoms with Crippen molar-refractivity contribution in [2.24, 2.45) is 0 Å². The Bertz CT molecular complexity index is 780. The highest BCUT2D eigenvalue weighted by atomic mass is 32.2. The summed E-state index contributed by atoms with van der Waals surface area (Å²) in [5, 5.41) is 3.50. The number of rotatable bonds is 4. The Balaban J connectivity index is 1.56. The molecule has 0 spiro atoms. The molecule has 2 heterocycles. The van der Waals surface area contributed by atoms with Crippen LogP contribution in [0.2, 0.25) is 0 Å². The number of fused-ring (bicyclic) bond motifs is 3. The molecule has 3 nitrogen and oxygen atoms in total. The van der Waals surface area contributed by atoms with E-state index in [-0.39, 0.29) is 11.9 Å². The Morgan fingerprint density at radius 1 is 1.20 bits per heavy atom. The fourth-order valence-electron chi connectivity index (χ4n) is 3.58. The molecule has 1 fully saturated rings. The molecule has 0 aliphatic carbocycles. The predicted octanol–water partition coefficient (Wildman–Crippen LogP) is 4.60. The van der Waals surface area contributed by atoms with Crippen LogP contribution in [0.5, 0.6) is 11.5 Å². The number of hydrogen-bond acceptors (Lipinski definition) is 4. The van der Waals surface area contributed by atoms with Crippen LogP contribution in [0.4, 0.5) is 4.39 Å². The van der Waals surface area contributed by atoms with Crippen molar-refractivity contribution < 1.29 is 13.9 Å². The van der Waals surface area contributed by atoms with Gasteiger partial charge in [-0.3, -0.25) is 0 Å².